The second kappa shape index (κ2) is 8.63. The Balaban J connectivity index is 1.87. The third-order valence-electron chi connectivity index (χ3n) is 4.03. The summed E-state index contributed by atoms with van der Waals surface area (Å²) in [6.07, 6.45) is 1.23. The fraction of sp³-hybridized carbons (Fsp3) is 0.111. The van der Waals surface area contributed by atoms with Gasteiger partial charge in [-0.25, -0.2) is 13.1 Å². The number of hydrogen-bond donors (Lipinski definition) is 1. The van der Waals surface area contributed by atoms with Gasteiger partial charge in [0.15, 0.2) is 0 Å². The van der Waals surface area contributed by atoms with Crippen molar-refractivity contribution < 1.29 is 8.42 Å². The van der Waals surface area contributed by atoms with E-state index in [4.69, 9.17) is 46.4 Å². The van der Waals surface area contributed by atoms with Crippen molar-refractivity contribution in [3.05, 3.63) is 84.7 Å². The van der Waals surface area contributed by atoms with Gasteiger partial charge in [0.25, 0.3) is 5.56 Å². The van der Waals surface area contributed by atoms with Gasteiger partial charge in [0.1, 0.15) is 5.02 Å². The highest BCUT2D eigenvalue weighted by atomic mass is 35.5. The molecular formula is C18H13Cl4N3O3S. The zero-order valence-electron chi connectivity index (χ0n) is 14.7. The molecule has 0 bridgehead atoms. The maximum absolute atomic E-state index is 12.7. The van der Waals surface area contributed by atoms with Gasteiger partial charge in [0.2, 0.25) is 10.0 Å². The minimum Gasteiger partial charge on any atom is -0.266 e. The molecule has 1 unspecified atom stereocenters. The van der Waals surface area contributed by atoms with Crippen molar-refractivity contribution >= 4 is 56.4 Å². The molecule has 29 heavy (non-hydrogen) atoms. The Morgan fingerprint density at radius 1 is 1.00 bits per heavy atom. The zero-order chi connectivity index (χ0) is 21.3. The molecule has 1 N–H and O–H groups in total. The molecule has 6 nitrogen and oxygen atoms in total. The van der Waals surface area contributed by atoms with E-state index in [-0.39, 0.29) is 14.9 Å². The van der Waals surface area contributed by atoms with Gasteiger partial charge < -0.3 is 0 Å². The monoisotopic (exact) mass is 491 g/mol. The first kappa shape index (κ1) is 22.1. The molecule has 3 rings (SSSR count). The predicted octanol–water partition coefficient (Wildman–Crippen LogP) is 4.89. The molecule has 0 spiro atoms. The second-order valence-corrected chi connectivity index (χ2v) is 9.37. The van der Waals surface area contributed by atoms with E-state index < -0.39 is 21.6 Å². The highest BCUT2D eigenvalue weighted by Gasteiger charge is 2.20. The van der Waals surface area contributed by atoms with Crippen molar-refractivity contribution in [1.82, 2.24) is 14.5 Å². The van der Waals surface area contributed by atoms with Crippen LogP contribution in [0.1, 0.15) is 18.5 Å². The van der Waals surface area contributed by atoms with E-state index in [0.717, 1.165) is 4.68 Å². The number of rotatable bonds is 5. The summed E-state index contributed by atoms with van der Waals surface area (Å²) in [6.45, 7) is 1.67. The fourth-order valence-electron chi connectivity index (χ4n) is 2.58. The maximum atomic E-state index is 12.7. The Morgan fingerprint density at radius 2 is 1.66 bits per heavy atom. The number of hydrogen-bond acceptors (Lipinski definition) is 4. The lowest BCUT2D eigenvalue weighted by molar-refractivity contribution is 0.567. The summed E-state index contributed by atoms with van der Waals surface area (Å²) < 4.78 is 29.0. The summed E-state index contributed by atoms with van der Waals surface area (Å²) in [5, 5.41) is 4.57. The number of nitrogens with one attached hydrogen (secondary N) is 1. The first-order chi connectivity index (χ1) is 13.6. The van der Waals surface area contributed by atoms with Gasteiger partial charge >= 0.3 is 0 Å². The number of aromatic nitrogens is 2. The molecule has 0 radical (unpaired) electrons. The van der Waals surface area contributed by atoms with Crippen LogP contribution in [0.3, 0.4) is 0 Å². The molecule has 0 aliphatic rings. The first-order valence-corrected chi connectivity index (χ1v) is 11.1. The standard InChI is InChI=1S/C18H13Cl4N3O3S/c1-10(14-7-2-11(19)8-15(14)20)24-29(27,28)13-5-3-12(4-6-13)25-18(26)17(22)16(21)9-23-25/h2-10,24H,1H3. The van der Waals surface area contributed by atoms with Crippen LogP contribution in [0.5, 0.6) is 0 Å². The van der Waals surface area contributed by atoms with Gasteiger partial charge in [-0.05, 0) is 48.9 Å². The van der Waals surface area contributed by atoms with Gasteiger partial charge in [0, 0.05) is 16.1 Å². The van der Waals surface area contributed by atoms with Gasteiger partial charge in [-0.15, -0.1) is 0 Å². The lowest BCUT2D eigenvalue weighted by Crippen LogP contribution is -2.27. The van der Waals surface area contributed by atoms with Gasteiger partial charge in [0.05, 0.1) is 21.8 Å². The average molecular weight is 493 g/mol. The minimum atomic E-state index is -3.86. The number of sulfonamides is 1. The van der Waals surface area contributed by atoms with E-state index in [1.165, 1.54) is 30.5 Å². The van der Waals surface area contributed by atoms with Crippen LogP contribution in [0, 0.1) is 0 Å². The Labute approximate surface area is 187 Å². The SMILES string of the molecule is CC(NS(=O)(=O)c1ccc(-n2ncc(Cl)c(Cl)c2=O)cc1)c1ccc(Cl)cc1Cl. The molecule has 0 saturated carbocycles. The molecule has 1 atom stereocenters. The molecule has 3 aromatic rings. The van der Waals surface area contributed by atoms with E-state index in [0.29, 0.717) is 21.3 Å². The molecule has 11 heteroatoms. The summed E-state index contributed by atoms with van der Waals surface area (Å²) in [5.41, 5.74) is 0.308. The van der Waals surface area contributed by atoms with Crippen LogP contribution in [-0.4, -0.2) is 18.2 Å². The molecule has 1 aromatic heterocycles. The topological polar surface area (TPSA) is 81.1 Å². The fourth-order valence-corrected chi connectivity index (χ4v) is 4.63. The van der Waals surface area contributed by atoms with Crippen LogP contribution in [0.15, 0.2) is 58.4 Å². The Kier molecular flexibility index (Phi) is 6.57. The molecule has 0 amide bonds. The van der Waals surface area contributed by atoms with Gasteiger partial charge in [-0.3, -0.25) is 4.79 Å². The lowest BCUT2D eigenvalue weighted by Gasteiger charge is -2.16. The van der Waals surface area contributed by atoms with Crippen LogP contribution in [0.25, 0.3) is 5.69 Å². The first-order valence-electron chi connectivity index (χ1n) is 8.11. The van der Waals surface area contributed by atoms with Crippen LogP contribution >= 0.6 is 46.4 Å². The summed E-state index contributed by atoms with van der Waals surface area (Å²) >= 11 is 23.6. The van der Waals surface area contributed by atoms with Gasteiger partial charge in [-0.2, -0.15) is 9.78 Å². The quantitative estimate of drug-likeness (QED) is 0.550. The Bertz CT molecular complexity index is 1230. The Morgan fingerprint density at radius 3 is 2.28 bits per heavy atom. The number of benzene rings is 2. The van der Waals surface area contributed by atoms with Crippen molar-refractivity contribution in [2.45, 2.75) is 17.9 Å². The summed E-state index contributed by atoms with van der Waals surface area (Å²) in [7, 11) is -3.86. The summed E-state index contributed by atoms with van der Waals surface area (Å²) in [6, 6.07) is 9.81. The van der Waals surface area contributed by atoms with E-state index in [9.17, 15) is 13.2 Å². The van der Waals surface area contributed by atoms with Crippen LogP contribution in [0.2, 0.25) is 20.1 Å². The van der Waals surface area contributed by atoms with Crippen molar-refractivity contribution in [3.63, 3.8) is 0 Å². The third kappa shape index (κ3) is 4.77. The third-order valence-corrected chi connectivity index (χ3v) is 6.90. The largest absolute Gasteiger partial charge is 0.291 e. The van der Waals surface area contributed by atoms with Gasteiger partial charge in [-0.1, -0.05) is 52.5 Å². The zero-order valence-corrected chi connectivity index (χ0v) is 18.6. The smallest absolute Gasteiger partial charge is 0.266 e. The lowest BCUT2D eigenvalue weighted by atomic mass is 10.1. The highest BCUT2D eigenvalue weighted by Crippen LogP contribution is 2.27. The molecule has 0 saturated heterocycles. The molecular weight excluding hydrogens is 480 g/mol. The maximum Gasteiger partial charge on any atom is 0.291 e. The predicted molar refractivity (Wildman–Crippen MR) is 115 cm³/mol. The van der Waals surface area contributed by atoms with E-state index in [1.807, 2.05) is 0 Å². The highest BCUT2D eigenvalue weighted by molar-refractivity contribution is 7.89. The van der Waals surface area contributed by atoms with Crippen molar-refractivity contribution in [1.29, 1.82) is 0 Å². The molecule has 2 aromatic carbocycles. The van der Waals surface area contributed by atoms with Crippen molar-refractivity contribution in [3.8, 4) is 5.69 Å². The number of halogens is 4. The molecule has 0 fully saturated rings. The van der Waals surface area contributed by atoms with Crippen LogP contribution in [0.4, 0.5) is 0 Å². The Hall–Kier alpha value is -1.61. The molecule has 0 aliphatic heterocycles. The van der Waals surface area contributed by atoms with E-state index in [2.05, 4.69) is 9.82 Å². The van der Waals surface area contributed by atoms with Crippen LogP contribution in [-0.2, 0) is 10.0 Å². The van der Waals surface area contributed by atoms with E-state index >= 15 is 0 Å². The van der Waals surface area contributed by atoms with Crippen LogP contribution < -0.4 is 10.3 Å². The van der Waals surface area contributed by atoms with Crippen molar-refractivity contribution in [2.75, 3.05) is 0 Å². The normalized spacial score (nSPS) is 12.7. The van der Waals surface area contributed by atoms with E-state index in [1.54, 1.807) is 25.1 Å². The molecule has 152 valence electrons. The average Bonchev–Trinajstić information content (AvgIpc) is 2.66. The van der Waals surface area contributed by atoms with Crippen molar-refractivity contribution in [2.24, 2.45) is 0 Å². The second-order valence-electron chi connectivity index (χ2n) is 6.03. The number of nitrogens with zero attached hydrogens (tertiary/aromatic N) is 2. The summed E-state index contributed by atoms with van der Waals surface area (Å²) in [4.78, 5) is 12.2. The molecule has 1 heterocycles. The molecule has 0 aliphatic carbocycles. The minimum absolute atomic E-state index is 0.00583. The summed E-state index contributed by atoms with van der Waals surface area (Å²) in [5.74, 6) is 0.